The van der Waals surface area contributed by atoms with Crippen LogP contribution in [0.3, 0.4) is 0 Å². The van der Waals surface area contributed by atoms with Gasteiger partial charge in [0.1, 0.15) is 11.3 Å². The molecule has 3 heterocycles. The van der Waals surface area contributed by atoms with E-state index < -0.39 is 0 Å². The number of anilines is 2. The molecule has 0 saturated carbocycles. The molecule has 0 bridgehead atoms. The second kappa shape index (κ2) is 8.84. The number of carbonyl (C=O) groups is 1. The molecule has 0 radical (unpaired) electrons. The van der Waals surface area contributed by atoms with Crippen molar-refractivity contribution >= 4 is 51.2 Å². The van der Waals surface area contributed by atoms with Gasteiger partial charge in [0.25, 0.3) is 0 Å². The van der Waals surface area contributed by atoms with Crippen LogP contribution >= 0.6 is 11.6 Å². The molecule has 1 fully saturated rings. The molecule has 5 rings (SSSR count). The number of carbonyl (C=O) groups excluding carboxylic acids is 1. The van der Waals surface area contributed by atoms with E-state index in [0.717, 1.165) is 42.5 Å². The number of hydrogen-bond donors (Lipinski definition) is 2. The van der Waals surface area contributed by atoms with Gasteiger partial charge in [-0.3, -0.25) is 9.69 Å². The lowest BCUT2D eigenvalue weighted by molar-refractivity contribution is 0.112. The van der Waals surface area contributed by atoms with Crippen LogP contribution in [0.4, 0.5) is 11.4 Å². The largest absolute Gasteiger partial charge is 0.507 e. The molecule has 8 heteroatoms. The monoisotopic (exact) mass is 462 g/mol. The van der Waals surface area contributed by atoms with E-state index in [1.165, 1.54) is 0 Å². The zero-order chi connectivity index (χ0) is 22.9. The van der Waals surface area contributed by atoms with Crippen molar-refractivity contribution in [2.75, 3.05) is 25.5 Å². The second-order valence-electron chi connectivity index (χ2n) is 8.17. The number of halogens is 1. The molecule has 2 N–H and O–H groups in total. The number of rotatable bonds is 6. The van der Waals surface area contributed by atoms with Crippen LogP contribution in [0.2, 0.25) is 5.02 Å². The first kappa shape index (κ1) is 21.4. The van der Waals surface area contributed by atoms with Crippen molar-refractivity contribution in [3.05, 3.63) is 58.6 Å². The van der Waals surface area contributed by atoms with Crippen molar-refractivity contribution in [2.45, 2.75) is 19.4 Å². The van der Waals surface area contributed by atoms with Crippen molar-refractivity contribution in [3.8, 4) is 11.6 Å². The lowest BCUT2D eigenvalue weighted by atomic mass is 10.1. The summed E-state index contributed by atoms with van der Waals surface area (Å²) in [4.78, 5) is 23.3. The summed E-state index contributed by atoms with van der Waals surface area (Å²) in [6.45, 7) is 2.55. The van der Waals surface area contributed by atoms with Crippen LogP contribution < -0.4 is 10.1 Å². The number of nitrogens with zero attached hydrogens (tertiary/aromatic N) is 3. The van der Waals surface area contributed by atoms with Crippen LogP contribution in [-0.4, -0.2) is 46.5 Å². The van der Waals surface area contributed by atoms with E-state index in [0.29, 0.717) is 46.0 Å². The van der Waals surface area contributed by atoms with E-state index in [1.54, 1.807) is 31.4 Å². The maximum Gasteiger partial charge on any atom is 0.213 e. The highest BCUT2D eigenvalue weighted by atomic mass is 35.5. The van der Waals surface area contributed by atoms with Gasteiger partial charge in [-0.1, -0.05) is 11.6 Å². The second-order valence-corrected chi connectivity index (χ2v) is 8.61. The predicted molar refractivity (Wildman–Crippen MR) is 130 cm³/mol. The molecule has 1 aliphatic rings. The number of phenols is 1. The van der Waals surface area contributed by atoms with Crippen LogP contribution in [0.1, 0.15) is 28.8 Å². The summed E-state index contributed by atoms with van der Waals surface area (Å²) in [5, 5.41) is 15.5. The topological polar surface area (TPSA) is 87.6 Å². The Hall–Kier alpha value is -3.42. The Kier molecular flexibility index (Phi) is 5.74. The van der Waals surface area contributed by atoms with E-state index in [9.17, 15) is 9.90 Å². The lowest BCUT2D eigenvalue weighted by Crippen LogP contribution is -2.18. The summed E-state index contributed by atoms with van der Waals surface area (Å²) in [6, 6.07) is 12.6. The molecule has 7 nitrogen and oxygen atoms in total. The normalized spacial score (nSPS) is 14.1. The molecule has 1 saturated heterocycles. The lowest BCUT2D eigenvalue weighted by Gasteiger charge is -2.19. The summed E-state index contributed by atoms with van der Waals surface area (Å²) < 4.78 is 5.33. The molecular formula is C25H23ClN4O3. The van der Waals surface area contributed by atoms with Crippen molar-refractivity contribution < 1.29 is 14.6 Å². The number of hydrogen-bond acceptors (Lipinski definition) is 7. The molecule has 0 spiro atoms. The summed E-state index contributed by atoms with van der Waals surface area (Å²) >= 11 is 6.22. The number of aromatic hydroxyl groups is 1. The van der Waals surface area contributed by atoms with Crippen molar-refractivity contribution in [1.82, 2.24) is 14.9 Å². The summed E-state index contributed by atoms with van der Waals surface area (Å²) in [7, 11) is 1.57. The summed E-state index contributed by atoms with van der Waals surface area (Å²) in [5.74, 6) is 0.494. The Bertz CT molecular complexity index is 1370. The van der Waals surface area contributed by atoms with Gasteiger partial charge >= 0.3 is 0 Å². The van der Waals surface area contributed by atoms with Crippen molar-refractivity contribution in [2.24, 2.45) is 0 Å². The number of fused-ring (bicyclic) bond motifs is 2. The fraction of sp³-hybridized carbons (Fsp3) is 0.240. The SMILES string of the molecule is COc1ccc2nc3cc(Cl)ccc3c(Nc3cc(C=O)c(O)c(CN4CCCC4)c3)c2n1. The maximum absolute atomic E-state index is 11.7. The molecule has 33 heavy (non-hydrogen) atoms. The highest BCUT2D eigenvalue weighted by Crippen LogP contribution is 2.36. The molecule has 0 atom stereocenters. The first-order valence-corrected chi connectivity index (χ1v) is 11.2. The Balaban J connectivity index is 1.66. The average molecular weight is 463 g/mol. The van der Waals surface area contributed by atoms with Crippen molar-refractivity contribution in [3.63, 3.8) is 0 Å². The minimum Gasteiger partial charge on any atom is -0.507 e. The molecule has 0 amide bonds. The van der Waals surface area contributed by atoms with Gasteiger partial charge < -0.3 is 15.2 Å². The van der Waals surface area contributed by atoms with Crippen LogP contribution in [0, 0.1) is 0 Å². The van der Waals surface area contributed by atoms with Crippen LogP contribution in [-0.2, 0) is 6.54 Å². The van der Waals surface area contributed by atoms with Gasteiger partial charge in [-0.25, -0.2) is 9.97 Å². The third kappa shape index (κ3) is 4.17. The third-order valence-corrected chi connectivity index (χ3v) is 6.21. The quantitative estimate of drug-likeness (QED) is 0.228. The highest BCUT2D eigenvalue weighted by molar-refractivity contribution is 6.31. The number of ether oxygens (including phenoxy) is 1. The molecule has 168 valence electrons. The van der Waals surface area contributed by atoms with Crippen LogP contribution in [0.25, 0.3) is 21.9 Å². The van der Waals surface area contributed by atoms with Gasteiger partial charge in [-0.05, 0) is 62.3 Å². The maximum atomic E-state index is 11.7. The Labute approximate surface area is 196 Å². The smallest absolute Gasteiger partial charge is 0.213 e. The van der Waals surface area contributed by atoms with Gasteiger partial charge in [-0.2, -0.15) is 0 Å². The number of phenolic OH excluding ortho intramolecular Hbond substituents is 1. The van der Waals surface area contributed by atoms with Gasteiger partial charge in [0.05, 0.1) is 29.4 Å². The van der Waals surface area contributed by atoms with E-state index in [2.05, 4.69) is 15.2 Å². The minimum absolute atomic E-state index is 0.0264. The average Bonchev–Trinajstić information content (AvgIpc) is 3.33. The number of nitrogens with one attached hydrogen (secondary N) is 1. The van der Waals surface area contributed by atoms with E-state index in [-0.39, 0.29) is 11.3 Å². The summed E-state index contributed by atoms with van der Waals surface area (Å²) in [6.07, 6.45) is 2.96. The Morgan fingerprint density at radius 1 is 1.12 bits per heavy atom. The molecule has 2 aromatic heterocycles. The van der Waals surface area contributed by atoms with Gasteiger partial charge in [-0.15, -0.1) is 0 Å². The zero-order valence-corrected chi connectivity index (χ0v) is 18.9. The van der Waals surface area contributed by atoms with E-state index >= 15 is 0 Å². The third-order valence-electron chi connectivity index (χ3n) is 5.97. The van der Waals surface area contributed by atoms with Crippen LogP contribution in [0.15, 0.2) is 42.5 Å². The first-order chi connectivity index (χ1) is 16.1. The Morgan fingerprint density at radius 3 is 2.70 bits per heavy atom. The Morgan fingerprint density at radius 2 is 1.94 bits per heavy atom. The minimum atomic E-state index is 0.0264. The van der Waals surface area contributed by atoms with Gasteiger partial charge in [0, 0.05) is 34.3 Å². The predicted octanol–water partition coefficient (Wildman–Crippen LogP) is 5.30. The zero-order valence-electron chi connectivity index (χ0n) is 18.1. The molecule has 0 unspecified atom stereocenters. The van der Waals surface area contributed by atoms with Crippen LogP contribution in [0.5, 0.6) is 11.6 Å². The first-order valence-electron chi connectivity index (χ1n) is 10.8. The molecular weight excluding hydrogens is 440 g/mol. The van der Waals surface area contributed by atoms with E-state index in [4.69, 9.17) is 21.3 Å². The van der Waals surface area contributed by atoms with E-state index in [1.807, 2.05) is 18.2 Å². The van der Waals surface area contributed by atoms with Crippen molar-refractivity contribution in [1.29, 1.82) is 0 Å². The number of likely N-dealkylation sites (tertiary alicyclic amines) is 1. The number of aromatic nitrogens is 2. The molecule has 2 aromatic carbocycles. The number of benzene rings is 2. The molecule has 4 aromatic rings. The standard InChI is InChI=1S/C25H23ClN4O3/c1-33-22-7-6-20-24(29-22)23(19-5-4-17(26)12-21(19)28-20)27-18-10-15(13-30-8-2-3-9-30)25(32)16(11-18)14-31/h4-7,10-12,14,32H,2-3,8-9,13H2,1H3,(H,27,28). The van der Waals surface area contributed by atoms with Gasteiger partial charge in [0.15, 0.2) is 6.29 Å². The highest BCUT2D eigenvalue weighted by Gasteiger charge is 2.18. The molecule has 0 aliphatic carbocycles. The molecule has 1 aliphatic heterocycles. The fourth-order valence-corrected chi connectivity index (χ4v) is 4.51. The fourth-order valence-electron chi connectivity index (χ4n) is 4.34. The van der Waals surface area contributed by atoms with Gasteiger partial charge in [0.2, 0.25) is 5.88 Å². The number of methoxy groups -OCH3 is 1. The number of pyridine rings is 2. The summed E-state index contributed by atoms with van der Waals surface area (Å²) in [5.41, 5.74) is 4.38. The number of aldehydes is 1.